The van der Waals surface area contributed by atoms with E-state index >= 15 is 0 Å². The summed E-state index contributed by atoms with van der Waals surface area (Å²) in [5.41, 5.74) is 6.88. The highest BCUT2D eigenvalue weighted by Gasteiger charge is 2.14. The van der Waals surface area contributed by atoms with Gasteiger partial charge in [0, 0.05) is 0 Å². The first kappa shape index (κ1) is 17.7. The molecule has 140 valence electrons. The maximum Gasteiger partial charge on any atom is -0.00134 e. The summed E-state index contributed by atoms with van der Waals surface area (Å²) >= 11 is 0. The summed E-state index contributed by atoms with van der Waals surface area (Å²) in [6.07, 6.45) is 1.90. The standard InChI is InChI=1S/C29H24/c1-21-15-17-23(18-16-21)20-29-26-13-7-5-11-24(26)28(19-22-9-3-2-4-10-22)25-12-6-8-14-27(25)29/h2-18H,19-20H2,1H3. The summed E-state index contributed by atoms with van der Waals surface area (Å²) < 4.78 is 0. The second kappa shape index (κ2) is 7.56. The molecule has 0 spiro atoms. The third kappa shape index (κ3) is 3.43. The molecule has 5 aromatic carbocycles. The molecule has 0 nitrogen and oxygen atoms in total. The molecule has 0 aromatic heterocycles. The Hall–Kier alpha value is -3.38. The zero-order valence-electron chi connectivity index (χ0n) is 16.7. The van der Waals surface area contributed by atoms with Gasteiger partial charge in [-0.05, 0) is 63.6 Å². The number of benzene rings is 5. The molecule has 0 aliphatic carbocycles. The van der Waals surface area contributed by atoms with Gasteiger partial charge >= 0.3 is 0 Å². The van der Waals surface area contributed by atoms with Gasteiger partial charge in [0.1, 0.15) is 0 Å². The van der Waals surface area contributed by atoms with Gasteiger partial charge in [-0.2, -0.15) is 0 Å². The van der Waals surface area contributed by atoms with Crippen molar-refractivity contribution in [3.8, 4) is 0 Å². The lowest BCUT2D eigenvalue weighted by Gasteiger charge is -2.17. The normalized spacial score (nSPS) is 11.2. The van der Waals surface area contributed by atoms with Crippen molar-refractivity contribution < 1.29 is 0 Å². The van der Waals surface area contributed by atoms with Gasteiger partial charge in [-0.1, -0.05) is 109 Å². The van der Waals surface area contributed by atoms with Crippen molar-refractivity contribution in [2.24, 2.45) is 0 Å². The average Bonchev–Trinajstić information content (AvgIpc) is 2.78. The Kier molecular flexibility index (Phi) is 4.62. The quantitative estimate of drug-likeness (QED) is 0.287. The van der Waals surface area contributed by atoms with Crippen LogP contribution in [0.15, 0.2) is 103 Å². The van der Waals surface area contributed by atoms with Crippen molar-refractivity contribution in [3.63, 3.8) is 0 Å². The van der Waals surface area contributed by atoms with E-state index in [1.165, 1.54) is 49.4 Å². The van der Waals surface area contributed by atoms with Crippen LogP contribution in [0, 0.1) is 6.92 Å². The van der Waals surface area contributed by atoms with Crippen molar-refractivity contribution in [1.82, 2.24) is 0 Å². The van der Waals surface area contributed by atoms with E-state index in [2.05, 4.69) is 110 Å². The van der Waals surface area contributed by atoms with E-state index in [9.17, 15) is 0 Å². The monoisotopic (exact) mass is 372 g/mol. The van der Waals surface area contributed by atoms with Crippen LogP contribution in [-0.4, -0.2) is 0 Å². The highest BCUT2D eigenvalue weighted by molar-refractivity contribution is 6.06. The fraction of sp³-hybridized carbons (Fsp3) is 0.103. The smallest absolute Gasteiger partial charge is 0.00134 e. The van der Waals surface area contributed by atoms with Gasteiger partial charge < -0.3 is 0 Å². The predicted octanol–water partition coefficient (Wildman–Crippen LogP) is 7.48. The van der Waals surface area contributed by atoms with Crippen molar-refractivity contribution in [2.75, 3.05) is 0 Å². The molecule has 0 aliphatic heterocycles. The highest BCUT2D eigenvalue weighted by Crippen LogP contribution is 2.35. The minimum atomic E-state index is 0.951. The summed E-state index contributed by atoms with van der Waals surface area (Å²) in [7, 11) is 0. The summed E-state index contributed by atoms with van der Waals surface area (Å²) in [4.78, 5) is 0. The van der Waals surface area contributed by atoms with Crippen LogP contribution < -0.4 is 0 Å². The first-order chi connectivity index (χ1) is 14.3. The fourth-order valence-electron chi connectivity index (χ4n) is 4.40. The van der Waals surface area contributed by atoms with E-state index < -0.39 is 0 Å². The SMILES string of the molecule is Cc1ccc(Cc2c3ccccc3c(Cc3ccccc3)c3ccccc23)cc1. The van der Waals surface area contributed by atoms with Crippen LogP contribution in [0.3, 0.4) is 0 Å². The van der Waals surface area contributed by atoms with Crippen molar-refractivity contribution >= 4 is 21.5 Å². The molecule has 0 saturated heterocycles. The topological polar surface area (TPSA) is 0 Å². The Bertz CT molecular complexity index is 1220. The fourth-order valence-corrected chi connectivity index (χ4v) is 4.40. The Balaban J connectivity index is 1.75. The van der Waals surface area contributed by atoms with E-state index in [0.717, 1.165) is 12.8 Å². The summed E-state index contributed by atoms with van der Waals surface area (Å²) in [6.45, 7) is 2.15. The maximum atomic E-state index is 2.29. The first-order valence-corrected chi connectivity index (χ1v) is 10.3. The molecule has 5 rings (SSSR count). The van der Waals surface area contributed by atoms with Crippen LogP contribution in [0.1, 0.15) is 27.8 Å². The summed E-state index contributed by atoms with van der Waals surface area (Å²) in [5, 5.41) is 5.49. The molecule has 0 bridgehead atoms. The molecule has 0 unspecified atom stereocenters. The lowest BCUT2D eigenvalue weighted by molar-refractivity contribution is 1.20. The Morgan fingerprint density at radius 2 is 0.793 bits per heavy atom. The molecule has 0 atom stereocenters. The van der Waals surface area contributed by atoms with Gasteiger partial charge in [-0.15, -0.1) is 0 Å². The van der Waals surface area contributed by atoms with Crippen molar-refractivity contribution in [3.05, 3.63) is 131 Å². The predicted molar refractivity (Wildman–Crippen MR) is 125 cm³/mol. The molecule has 0 saturated carbocycles. The van der Waals surface area contributed by atoms with Gasteiger partial charge in [0.15, 0.2) is 0 Å². The Labute approximate surface area is 172 Å². The number of aryl methyl sites for hydroxylation is 1. The Morgan fingerprint density at radius 1 is 0.414 bits per heavy atom. The second-order valence-corrected chi connectivity index (χ2v) is 7.87. The van der Waals surface area contributed by atoms with E-state index in [4.69, 9.17) is 0 Å². The van der Waals surface area contributed by atoms with E-state index in [-0.39, 0.29) is 0 Å². The summed E-state index contributed by atoms with van der Waals surface area (Å²) in [5.74, 6) is 0. The first-order valence-electron chi connectivity index (χ1n) is 10.3. The Morgan fingerprint density at radius 3 is 1.24 bits per heavy atom. The van der Waals surface area contributed by atoms with Gasteiger partial charge in [0.05, 0.1) is 0 Å². The van der Waals surface area contributed by atoms with Crippen LogP contribution in [0.5, 0.6) is 0 Å². The van der Waals surface area contributed by atoms with Gasteiger partial charge in [0.2, 0.25) is 0 Å². The molecule has 0 heterocycles. The number of hydrogen-bond acceptors (Lipinski definition) is 0. The lowest BCUT2D eigenvalue weighted by atomic mass is 9.86. The van der Waals surface area contributed by atoms with Crippen molar-refractivity contribution in [1.29, 1.82) is 0 Å². The van der Waals surface area contributed by atoms with Crippen LogP contribution in [0.25, 0.3) is 21.5 Å². The second-order valence-electron chi connectivity index (χ2n) is 7.87. The van der Waals surface area contributed by atoms with E-state index in [1.54, 1.807) is 0 Å². The average molecular weight is 373 g/mol. The molecule has 5 aromatic rings. The van der Waals surface area contributed by atoms with E-state index in [0.29, 0.717) is 0 Å². The van der Waals surface area contributed by atoms with E-state index in [1.807, 2.05) is 0 Å². The molecular weight excluding hydrogens is 348 g/mol. The third-order valence-corrected chi connectivity index (χ3v) is 5.88. The number of fused-ring (bicyclic) bond motifs is 2. The van der Waals surface area contributed by atoms with Gasteiger partial charge in [0.25, 0.3) is 0 Å². The molecule has 0 N–H and O–H groups in total. The zero-order valence-corrected chi connectivity index (χ0v) is 16.7. The number of rotatable bonds is 4. The van der Waals surface area contributed by atoms with Gasteiger partial charge in [-0.3, -0.25) is 0 Å². The maximum absolute atomic E-state index is 2.29. The molecule has 0 aliphatic rings. The minimum absolute atomic E-state index is 0.951. The molecule has 0 radical (unpaired) electrons. The zero-order chi connectivity index (χ0) is 19.6. The molecule has 29 heavy (non-hydrogen) atoms. The highest BCUT2D eigenvalue weighted by atomic mass is 14.2. The number of hydrogen-bond donors (Lipinski definition) is 0. The van der Waals surface area contributed by atoms with Crippen LogP contribution >= 0.6 is 0 Å². The lowest BCUT2D eigenvalue weighted by Crippen LogP contribution is -1.98. The molecule has 0 amide bonds. The van der Waals surface area contributed by atoms with Gasteiger partial charge in [-0.25, -0.2) is 0 Å². The van der Waals surface area contributed by atoms with Crippen LogP contribution in [-0.2, 0) is 12.8 Å². The largest absolute Gasteiger partial charge is 0.0622 e. The molecule has 0 heteroatoms. The minimum Gasteiger partial charge on any atom is -0.0622 e. The third-order valence-electron chi connectivity index (χ3n) is 5.88. The van der Waals surface area contributed by atoms with Crippen LogP contribution in [0.2, 0.25) is 0 Å². The summed E-state index contributed by atoms with van der Waals surface area (Å²) in [6, 6.07) is 37.6. The van der Waals surface area contributed by atoms with Crippen LogP contribution in [0.4, 0.5) is 0 Å². The molecular formula is C29H24. The van der Waals surface area contributed by atoms with Crippen molar-refractivity contribution in [2.45, 2.75) is 19.8 Å². The molecule has 0 fully saturated rings.